The van der Waals surface area contributed by atoms with E-state index in [1.54, 1.807) is 18.5 Å². The van der Waals surface area contributed by atoms with E-state index in [1.165, 1.54) is 37.1 Å². The van der Waals surface area contributed by atoms with Crippen LogP contribution < -0.4 is 10.6 Å². The Morgan fingerprint density at radius 3 is 2.93 bits per heavy atom. The Morgan fingerprint density at radius 2 is 2.07 bits per heavy atom. The summed E-state index contributed by atoms with van der Waals surface area (Å²) < 4.78 is 13.8. The van der Waals surface area contributed by atoms with Crippen molar-refractivity contribution in [1.29, 1.82) is 0 Å². The van der Waals surface area contributed by atoms with Crippen molar-refractivity contribution in [2.45, 2.75) is 31.7 Å². The number of fused-ring (bicyclic) bond motifs is 1. The molecule has 1 aliphatic rings. The zero-order valence-corrected chi connectivity index (χ0v) is 15.2. The van der Waals surface area contributed by atoms with Crippen LogP contribution in [0.4, 0.5) is 22.0 Å². The number of anilines is 3. The van der Waals surface area contributed by atoms with Crippen molar-refractivity contribution >= 4 is 28.5 Å². The quantitative estimate of drug-likeness (QED) is 0.398. The maximum absolute atomic E-state index is 13.8. The highest BCUT2D eigenvalue weighted by Crippen LogP contribution is 2.36. The van der Waals surface area contributed by atoms with E-state index in [1.807, 2.05) is 12.1 Å². The second-order valence-corrected chi connectivity index (χ2v) is 7.08. The summed E-state index contributed by atoms with van der Waals surface area (Å²) in [5.41, 5.74) is 2.78. The molecule has 4 N–H and O–H groups in total. The minimum atomic E-state index is -0.274. The van der Waals surface area contributed by atoms with Crippen LogP contribution in [0.2, 0.25) is 0 Å². The molecule has 8 heteroatoms. The summed E-state index contributed by atoms with van der Waals surface area (Å²) in [4.78, 5) is 11.8. The zero-order valence-electron chi connectivity index (χ0n) is 15.2. The highest BCUT2D eigenvalue weighted by Gasteiger charge is 2.21. The average molecular weight is 377 g/mol. The van der Waals surface area contributed by atoms with Crippen LogP contribution in [0, 0.1) is 5.82 Å². The molecule has 0 bridgehead atoms. The third-order valence-corrected chi connectivity index (χ3v) is 5.21. The number of H-pyrrole nitrogens is 2. The third kappa shape index (κ3) is 3.28. The van der Waals surface area contributed by atoms with E-state index in [4.69, 9.17) is 0 Å². The van der Waals surface area contributed by atoms with Gasteiger partial charge in [0.2, 0.25) is 5.95 Å². The summed E-state index contributed by atoms with van der Waals surface area (Å²) in [6.45, 7) is 0.420. The molecular formula is C20H20FN7. The van der Waals surface area contributed by atoms with E-state index in [9.17, 15) is 4.39 Å². The van der Waals surface area contributed by atoms with E-state index < -0.39 is 0 Å². The molecule has 0 aliphatic heterocycles. The van der Waals surface area contributed by atoms with Crippen molar-refractivity contribution < 1.29 is 4.39 Å². The van der Waals surface area contributed by atoms with Crippen LogP contribution in [0.5, 0.6) is 0 Å². The predicted octanol–water partition coefficient (Wildman–Crippen LogP) is 4.44. The van der Waals surface area contributed by atoms with Gasteiger partial charge in [0.25, 0.3) is 0 Å². The lowest BCUT2D eigenvalue weighted by molar-refractivity contribution is 0.410. The molecule has 5 rings (SSSR count). The second-order valence-electron chi connectivity index (χ2n) is 7.08. The largest absolute Gasteiger partial charge is 0.361 e. The number of nitrogens with zero attached hydrogens (tertiary/aromatic N) is 3. The molecule has 1 aromatic carbocycles. The molecule has 3 aromatic heterocycles. The van der Waals surface area contributed by atoms with Crippen LogP contribution in [0.25, 0.3) is 10.9 Å². The number of hydrogen-bond donors (Lipinski definition) is 4. The molecule has 0 atom stereocenters. The van der Waals surface area contributed by atoms with E-state index in [0.29, 0.717) is 24.2 Å². The third-order valence-electron chi connectivity index (χ3n) is 5.21. The minimum Gasteiger partial charge on any atom is -0.361 e. The van der Waals surface area contributed by atoms with Crippen LogP contribution in [-0.4, -0.2) is 25.1 Å². The number of rotatable bonds is 6. The first kappa shape index (κ1) is 16.7. The Hall–Kier alpha value is -3.42. The lowest BCUT2D eigenvalue weighted by Crippen LogP contribution is -2.08. The van der Waals surface area contributed by atoms with Gasteiger partial charge in [-0.2, -0.15) is 10.1 Å². The van der Waals surface area contributed by atoms with Gasteiger partial charge in [0.15, 0.2) is 5.82 Å². The molecule has 0 radical (unpaired) electrons. The van der Waals surface area contributed by atoms with Crippen molar-refractivity contribution in [3.8, 4) is 0 Å². The summed E-state index contributed by atoms with van der Waals surface area (Å²) in [7, 11) is 0. The van der Waals surface area contributed by atoms with Gasteiger partial charge in [0, 0.05) is 47.5 Å². The first-order valence-electron chi connectivity index (χ1n) is 9.39. The minimum absolute atomic E-state index is 0.274. The van der Waals surface area contributed by atoms with Crippen LogP contribution in [0.15, 0.2) is 42.7 Å². The number of nitrogens with one attached hydrogen (secondary N) is 4. The Balaban J connectivity index is 1.29. The van der Waals surface area contributed by atoms with E-state index in [0.717, 1.165) is 22.3 Å². The summed E-state index contributed by atoms with van der Waals surface area (Å²) >= 11 is 0. The van der Waals surface area contributed by atoms with Crippen LogP contribution in [0.3, 0.4) is 0 Å². The fourth-order valence-corrected chi connectivity index (χ4v) is 3.50. The molecule has 1 aliphatic carbocycles. The fourth-order valence-electron chi connectivity index (χ4n) is 3.50. The zero-order chi connectivity index (χ0) is 18.9. The van der Waals surface area contributed by atoms with Crippen LogP contribution >= 0.6 is 0 Å². The molecule has 3 heterocycles. The standard InChI is InChI=1S/C20H20FN7/c21-14-8-13(15-4-6-22-17(15)9-14)11-24-20-23-7-5-18(26-20)25-19-10-16(27-28-19)12-2-1-3-12/h4-10,12,22H,1-3,11H2,(H3,23,24,25,26,27,28). The van der Waals surface area contributed by atoms with Crippen molar-refractivity contribution in [1.82, 2.24) is 25.1 Å². The summed E-state index contributed by atoms with van der Waals surface area (Å²) in [6.07, 6.45) is 7.20. The van der Waals surface area contributed by atoms with Gasteiger partial charge in [-0.15, -0.1) is 0 Å². The lowest BCUT2D eigenvalue weighted by atomic mass is 9.83. The Bertz CT molecular complexity index is 1110. The van der Waals surface area contributed by atoms with Crippen molar-refractivity contribution in [2.75, 3.05) is 10.6 Å². The van der Waals surface area contributed by atoms with Gasteiger partial charge in [-0.1, -0.05) is 6.42 Å². The number of aromatic nitrogens is 5. The lowest BCUT2D eigenvalue weighted by Gasteiger charge is -2.23. The summed E-state index contributed by atoms with van der Waals surface area (Å²) in [5, 5.41) is 14.8. The van der Waals surface area contributed by atoms with Gasteiger partial charge in [-0.25, -0.2) is 9.37 Å². The SMILES string of the molecule is Fc1cc(CNc2nccc(Nc3cc(C4CCC4)[nH]n3)n2)c2cc[nH]c2c1. The number of aromatic amines is 2. The summed E-state index contributed by atoms with van der Waals surface area (Å²) in [6, 6.07) is 8.77. The van der Waals surface area contributed by atoms with E-state index >= 15 is 0 Å². The molecule has 0 amide bonds. The van der Waals surface area contributed by atoms with E-state index in [-0.39, 0.29) is 5.82 Å². The molecular weight excluding hydrogens is 357 g/mol. The van der Waals surface area contributed by atoms with Crippen molar-refractivity contribution in [3.63, 3.8) is 0 Å². The van der Waals surface area contributed by atoms with Crippen LogP contribution in [-0.2, 0) is 6.54 Å². The highest BCUT2D eigenvalue weighted by atomic mass is 19.1. The number of hydrogen-bond acceptors (Lipinski definition) is 5. The van der Waals surface area contributed by atoms with Gasteiger partial charge < -0.3 is 15.6 Å². The molecule has 0 saturated heterocycles. The second kappa shape index (κ2) is 6.95. The van der Waals surface area contributed by atoms with Gasteiger partial charge in [-0.3, -0.25) is 5.10 Å². The highest BCUT2D eigenvalue weighted by molar-refractivity contribution is 5.83. The Kier molecular flexibility index (Phi) is 4.16. The van der Waals surface area contributed by atoms with Gasteiger partial charge in [0.1, 0.15) is 11.6 Å². The number of halogens is 1. The first-order valence-corrected chi connectivity index (χ1v) is 9.39. The topological polar surface area (TPSA) is 94.3 Å². The molecule has 1 fully saturated rings. The maximum atomic E-state index is 13.8. The molecule has 0 unspecified atom stereocenters. The first-order chi connectivity index (χ1) is 13.7. The monoisotopic (exact) mass is 377 g/mol. The maximum Gasteiger partial charge on any atom is 0.224 e. The average Bonchev–Trinajstić information content (AvgIpc) is 3.28. The Labute approximate surface area is 160 Å². The van der Waals surface area contributed by atoms with Gasteiger partial charge in [-0.05, 0) is 42.7 Å². The van der Waals surface area contributed by atoms with Gasteiger partial charge in [0.05, 0.1) is 0 Å². The fraction of sp³-hybridized carbons (Fsp3) is 0.250. The normalized spacial score (nSPS) is 14.2. The van der Waals surface area contributed by atoms with Gasteiger partial charge >= 0.3 is 0 Å². The summed E-state index contributed by atoms with van der Waals surface area (Å²) in [5.74, 6) is 2.18. The molecule has 28 heavy (non-hydrogen) atoms. The molecule has 142 valence electrons. The van der Waals surface area contributed by atoms with E-state index in [2.05, 4.69) is 35.8 Å². The smallest absolute Gasteiger partial charge is 0.224 e. The predicted molar refractivity (Wildman–Crippen MR) is 106 cm³/mol. The van der Waals surface area contributed by atoms with Crippen molar-refractivity contribution in [2.24, 2.45) is 0 Å². The molecule has 4 aromatic rings. The number of benzene rings is 1. The molecule has 1 saturated carbocycles. The van der Waals surface area contributed by atoms with Crippen LogP contribution in [0.1, 0.15) is 36.4 Å². The molecule has 7 nitrogen and oxygen atoms in total. The molecule has 0 spiro atoms. The Morgan fingerprint density at radius 1 is 1.14 bits per heavy atom. The van der Waals surface area contributed by atoms with Crippen molar-refractivity contribution in [3.05, 3.63) is 59.8 Å².